The maximum Gasteiger partial charge on any atom is 0.507 e. The zero-order valence-corrected chi connectivity index (χ0v) is 11.7. The van der Waals surface area contributed by atoms with Gasteiger partial charge in [-0.05, 0) is 17.2 Å². The van der Waals surface area contributed by atoms with Crippen molar-refractivity contribution in [2.24, 2.45) is 0 Å². The topological polar surface area (TPSA) is 0 Å². The highest BCUT2D eigenvalue weighted by molar-refractivity contribution is 14.1. The van der Waals surface area contributed by atoms with Gasteiger partial charge >= 0.3 is 16.5 Å². The summed E-state index contributed by atoms with van der Waals surface area (Å²) in [4.78, 5) is 0. The van der Waals surface area contributed by atoms with Crippen molar-refractivity contribution in [3.8, 4) is 11.1 Å². The summed E-state index contributed by atoms with van der Waals surface area (Å²) < 4.78 is 14.5. The van der Waals surface area contributed by atoms with Crippen molar-refractivity contribution in [2.75, 3.05) is 0 Å². The van der Waals surface area contributed by atoms with Gasteiger partial charge in [0.1, 0.15) is 0 Å². The molecule has 2 aromatic rings. The molecule has 0 atom stereocenters. The van der Waals surface area contributed by atoms with Crippen LogP contribution in [0.2, 0.25) is 0 Å². The van der Waals surface area contributed by atoms with Gasteiger partial charge in [0, 0.05) is 0 Å². The Bertz CT molecular complexity index is 456. The molecule has 2 rings (SSSR count). The standard InChI is InChI=1S/C12H8F.HI.Mg/c13-12-8-4-7-11(9-12)10-5-2-1-3-6-10;;/h1-7,9H;1H;/q;;+1/p-1. The van der Waals surface area contributed by atoms with Crippen molar-refractivity contribution in [1.82, 2.24) is 0 Å². The molecule has 0 aliphatic rings. The zero-order chi connectivity index (χ0) is 10.7. The van der Waals surface area contributed by atoms with Crippen LogP contribution in [0.3, 0.4) is 0 Å². The summed E-state index contributed by atoms with van der Waals surface area (Å²) in [6.45, 7) is 0. The molecule has 0 aliphatic heterocycles. The van der Waals surface area contributed by atoms with Gasteiger partial charge in [0.2, 0.25) is 0 Å². The van der Waals surface area contributed by atoms with Gasteiger partial charge < -0.3 is 0 Å². The van der Waals surface area contributed by atoms with Crippen LogP contribution in [0.1, 0.15) is 0 Å². The quantitative estimate of drug-likeness (QED) is 0.588. The van der Waals surface area contributed by atoms with Crippen LogP contribution >= 0.6 is 18.9 Å². The average Bonchev–Trinajstić information content (AvgIpc) is 2.30. The van der Waals surface area contributed by atoms with E-state index in [4.69, 9.17) is 0 Å². The molecule has 0 aliphatic carbocycles. The fourth-order valence-electron chi connectivity index (χ4n) is 1.47. The van der Waals surface area contributed by atoms with Crippen molar-refractivity contribution in [3.05, 3.63) is 54.3 Å². The minimum atomic E-state index is -0.438. The fourth-order valence-corrected chi connectivity index (χ4v) is 3.76. The van der Waals surface area contributed by atoms with Crippen LogP contribution in [-0.2, 0) is 0 Å². The molecule has 0 heterocycles. The number of hydrogen-bond acceptors (Lipinski definition) is 0. The summed E-state index contributed by atoms with van der Waals surface area (Å²) in [6, 6.07) is 15.4. The summed E-state index contributed by atoms with van der Waals surface area (Å²) in [6.07, 6.45) is 0. The summed E-state index contributed by atoms with van der Waals surface area (Å²) in [5.74, 6) is -0.0579. The predicted molar refractivity (Wildman–Crippen MR) is 71.2 cm³/mol. The van der Waals surface area contributed by atoms with E-state index in [9.17, 15) is 4.39 Å². The van der Waals surface area contributed by atoms with Gasteiger partial charge in [-0.2, -0.15) is 0 Å². The Balaban J connectivity index is 2.43. The third kappa shape index (κ3) is 2.71. The molecule has 0 saturated heterocycles. The number of rotatable bonds is 2. The third-order valence-corrected chi connectivity index (χ3v) is 5.63. The number of halogens is 2. The second-order valence-electron chi connectivity index (χ2n) is 3.31. The van der Waals surface area contributed by atoms with E-state index >= 15 is 0 Å². The highest BCUT2D eigenvalue weighted by Crippen LogP contribution is 2.18. The molecule has 0 amide bonds. The molecule has 0 N–H and O–H groups in total. The Morgan fingerprint density at radius 2 is 1.67 bits per heavy atom. The van der Waals surface area contributed by atoms with Crippen LogP contribution in [0.15, 0.2) is 48.5 Å². The highest BCUT2D eigenvalue weighted by atomic mass is 127. The lowest BCUT2D eigenvalue weighted by molar-refractivity contribution is 0.636. The van der Waals surface area contributed by atoms with Gasteiger partial charge in [-0.25, -0.2) is 4.39 Å². The molecule has 0 unspecified atom stereocenters. The van der Waals surface area contributed by atoms with Gasteiger partial charge in [-0.1, -0.05) is 42.5 Å². The van der Waals surface area contributed by atoms with Crippen LogP contribution in [0.25, 0.3) is 11.1 Å². The maximum absolute atomic E-state index is 13.6. The lowest BCUT2D eigenvalue weighted by Gasteiger charge is -2.04. The molecular formula is C12H8FIMg. The molecule has 0 nitrogen and oxygen atoms in total. The third-order valence-electron chi connectivity index (χ3n) is 2.30. The van der Waals surface area contributed by atoms with Gasteiger partial charge in [-0.3, -0.25) is 18.9 Å². The molecule has 2 aromatic carbocycles. The van der Waals surface area contributed by atoms with Crippen LogP contribution in [-0.4, -0.2) is 16.5 Å². The lowest BCUT2D eigenvalue weighted by Crippen LogP contribution is -2.12. The van der Waals surface area contributed by atoms with Gasteiger partial charge in [0.15, 0.2) is 0 Å². The van der Waals surface area contributed by atoms with Crippen molar-refractivity contribution < 1.29 is 4.39 Å². The fraction of sp³-hybridized carbons (Fsp3) is 0. The molecular weight excluding hydrogens is 314 g/mol. The van der Waals surface area contributed by atoms with Crippen LogP contribution in [0.5, 0.6) is 0 Å². The van der Waals surface area contributed by atoms with E-state index in [0.717, 1.165) is 14.8 Å². The molecule has 0 radical (unpaired) electrons. The SMILES string of the molecule is Fc1cc(-c2ccccc2)cc[c]1[Mg][I]. The van der Waals surface area contributed by atoms with E-state index < -0.39 is 16.5 Å². The average molecular weight is 322 g/mol. The van der Waals surface area contributed by atoms with Gasteiger partial charge in [0.05, 0.1) is 5.82 Å². The molecule has 3 heteroatoms. The summed E-state index contributed by atoms with van der Waals surface area (Å²) in [5.41, 5.74) is 2.02. The van der Waals surface area contributed by atoms with E-state index in [2.05, 4.69) is 18.9 Å². The minimum Gasteiger partial charge on any atom is -0.290 e. The Labute approximate surface area is 108 Å². The Morgan fingerprint density at radius 3 is 2.27 bits per heavy atom. The van der Waals surface area contributed by atoms with Crippen molar-refractivity contribution >= 4 is 39.0 Å². The molecule has 0 fully saturated rings. The first kappa shape index (κ1) is 11.4. The second-order valence-corrected chi connectivity index (χ2v) is 6.62. The second kappa shape index (κ2) is 5.27. The first-order chi connectivity index (χ1) is 7.31. The maximum atomic E-state index is 13.6. The van der Waals surface area contributed by atoms with Crippen LogP contribution in [0.4, 0.5) is 4.39 Å². The molecule has 0 spiro atoms. The lowest BCUT2D eigenvalue weighted by atomic mass is 10.1. The monoisotopic (exact) mass is 322 g/mol. The molecule has 72 valence electrons. The summed E-state index contributed by atoms with van der Waals surface area (Å²) >= 11 is 1.87. The minimum absolute atomic E-state index is 0.0579. The Hall–Kier alpha value is -0.134. The molecule has 0 aromatic heterocycles. The summed E-state index contributed by atoms with van der Waals surface area (Å²) in [7, 11) is 0. The van der Waals surface area contributed by atoms with Crippen molar-refractivity contribution in [1.29, 1.82) is 0 Å². The van der Waals surface area contributed by atoms with Gasteiger partial charge in [0.25, 0.3) is 0 Å². The normalized spacial score (nSPS) is 9.73. The largest absolute Gasteiger partial charge is 0.507 e. The van der Waals surface area contributed by atoms with Crippen molar-refractivity contribution in [3.63, 3.8) is 0 Å². The van der Waals surface area contributed by atoms with E-state index in [1.54, 1.807) is 6.07 Å². The smallest absolute Gasteiger partial charge is 0.290 e. The number of hydrogen-bond donors (Lipinski definition) is 0. The predicted octanol–water partition coefficient (Wildman–Crippen LogP) is 3.17. The van der Waals surface area contributed by atoms with E-state index in [1.165, 1.54) is 0 Å². The Morgan fingerprint density at radius 1 is 0.933 bits per heavy atom. The van der Waals surface area contributed by atoms with Crippen LogP contribution in [0, 0.1) is 5.82 Å². The molecule has 15 heavy (non-hydrogen) atoms. The summed E-state index contributed by atoms with van der Waals surface area (Å²) in [5, 5.41) is 0. The first-order valence-electron chi connectivity index (χ1n) is 4.71. The number of benzene rings is 2. The zero-order valence-electron chi connectivity index (χ0n) is 8.08. The highest BCUT2D eigenvalue weighted by Gasteiger charge is 2.04. The molecule has 0 bridgehead atoms. The van der Waals surface area contributed by atoms with E-state index in [1.807, 2.05) is 42.5 Å². The van der Waals surface area contributed by atoms with E-state index in [-0.39, 0.29) is 5.82 Å². The van der Waals surface area contributed by atoms with Gasteiger partial charge in [-0.15, -0.1) is 3.69 Å². The van der Waals surface area contributed by atoms with Crippen molar-refractivity contribution in [2.45, 2.75) is 0 Å². The first-order valence-corrected chi connectivity index (χ1v) is 10.5. The Kier molecular flexibility index (Phi) is 3.99. The molecule has 0 saturated carbocycles. The van der Waals surface area contributed by atoms with Crippen LogP contribution < -0.4 is 3.69 Å². The van der Waals surface area contributed by atoms with E-state index in [0.29, 0.717) is 0 Å².